The maximum atomic E-state index is 13.4. The van der Waals surface area contributed by atoms with Gasteiger partial charge in [0.1, 0.15) is 17.7 Å². The zero-order valence-electron chi connectivity index (χ0n) is 20.4. The Bertz CT molecular complexity index is 786. The van der Waals surface area contributed by atoms with E-state index in [1.54, 1.807) is 33.8 Å². The van der Waals surface area contributed by atoms with Crippen molar-refractivity contribution in [1.29, 1.82) is 0 Å². The number of ether oxygens (including phenoxy) is 1. The molecule has 178 valence electrons. The van der Waals surface area contributed by atoms with Crippen molar-refractivity contribution in [3.8, 4) is 0 Å². The summed E-state index contributed by atoms with van der Waals surface area (Å²) < 4.78 is 5.27. The third kappa shape index (κ3) is 8.73. The summed E-state index contributed by atoms with van der Waals surface area (Å²) in [6.45, 7) is 15.3. The van der Waals surface area contributed by atoms with Crippen LogP contribution >= 0.6 is 0 Å². The highest BCUT2D eigenvalue weighted by Crippen LogP contribution is 2.25. The van der Waals surface area contributed by atoms with Gasteiger partial charge in [-0.3, -0.25) is 9.59 Å². The molecule has 0 aromatic heterocycles. The van der Waals surface area contributed by atoms with Gasteiger partial charge in [-0.2, -0.15) is 0 Å². The highest BCUT2D eigenvalue weighted by Gasteiger charge is 2.34. The summed E-state index contributed by atoms with van der Waals surface area (Å²) in [6.07, 6.45) is 3.82. The van der Waals surface area contributed by atoms with Crippen molar-refractivity contribution in [3.05, 3.63) is 48.0 Å². The molecular weight excluding hydrogens is 406 g/mol. The lowest BCUT2D eigenvalue weighted by Crippen LogP contribution is -2.52. The third-order valence-electron chi connectivity index (χ3n) is 4.84. The number of aryl methyl sites for hydroxylation is 1. The summed E-state index contributed by atoms with van der Waals surface area (Å²) in [5, 5.41) is 5.55. The first kappa shape index (κ1) is 27.2. The van der Waals surface area contributed by atoms with Crippen LogP contribution in [-0.2, 0) is 14.3 Å². The number of amides is 3. The molecule has 0 aliphatic heterocycles. The minimum Gasteiger partial charge on any atom is -0.444 e. The predicted octanol–water partition coefficient (Wildman–Crippen LogP) is 4.27. The molecule has 2 atom stereocenters. The molecule has 1 aromatic rings. The van der Waals surface area contributed by atoms with Gasteiger partial charge in [0.15, 0.2) is 0 Å². The average molecular weight is 446 g/mol. The van der Waals surface area contributed by atoms with Crippen LogP contribution in [0.3, 0.4) is 0 Å². The van der Waals surface area contributed by atoms with E-state index in [4.69, 9.17) is 4.74 Å². The Labute approximate surface area is 192 Å². The van der Waals surface area contributed by atoms with Gasteiger partial charge in [0.25, 0.3) is 0 Å². The number of nitrogens with one attached hydrogen (secondary N) is 2. The van der Waals surface area contributed by atoms with E-state index < -0.39 is 29.7 Å². The maximum absolute atomic E-state index is 13.4. The van der Waals surface area contributed by atoms with E-state index in [1.165, 1.54) is 4.90 Å². The summed E-state index contributed by atoms with van der Waals surface area (Å²) in [5.41, 5.74) is 0.950. The minimum absolute atomic E-state index is 0.153. The molecule has 0 fully saturated rings. The first-order valence-corrected chi connectivity index (χ1v) is 11.3. The molecule has 0 radical (unpaired) electrons. The first-order chi connectivity index (χ1) is 15.0. The molecule has 0 saturated carbocycles. The van der Waals surface area contributed by atoms with Crippen molar-refractivity contribution in [2.75, 3.05) is 13.1 Å². The standard InChI is InChI=1S/C25H39N3O4/c1-8-10-13-16-26-22(29)21(20-15-12-11-14-18(20)3)28(17-9-2)23(30)19(4)27-24(31)32-25(5,6)7/h9,11-12,14-15,19,21H,2,8,10,13,16-17H2,1,3-7H3,(H,26,29)(H,27,31). The number of benzene rings is 1. The lowest BCUT2D eigenvalue weighted by atomic mass is 9.98. The van der Waals surface area contributed by atoms with Gasteiger partial charge in [0.05, 0.1) is 0 Å². The van der Waals surface area contributed by atoms with Gasteiger partial charge >= 0.3 is 6.09 Å². The van der Waals surface area contributed by atoms with E-state index in [0.717, 1.165) is 30.4 Å². The van der Waals surface area contributed by atoms with Crippen LogP contribution in [0.5, 0.6) is 0 Å². The Hall–Kier alpha value is -2.83. The van der Waals surface area contributed by atoms with Crippen LogP contribution < -0.4 is 10.6 Å². The highest BCUT2D eigenvalue weighted by molar-refractivity contribution is 5.92. The highest BCUT2D eigenvalue weighted by atomic mass is 16.6. The normalized spacial score (nSPS) is 12.9. The quantitative estimate of drug-likeness (QED) is 0.393. The Morgan fingerprint density at radius 2 is 1.84 bits per heavy atom. The van der Waals surface area contributed by atoms with Crippen LogP contribution in [0.2, 0.25) is 0 Å². The van der Waals surface area contributed by atoms with Crippen LogP contribution in [0.15, 0.2) is 36.9 Å². The van der Waals surface area contributed by atoms with Crippen molar-refractivity contribution in [1.82, 2.24) is 15.5 Å². The molecule has 32 heavy (non-hydrogen) atoms. The lowest BCUT2D eigenvalue weighted by Gasteiger charge is -2.33. The van der Waals surface area contributed by atoms with Gasteiger partial charge in [-0.25, -0.2) is 4.79 Å². The molecule has 7 nitrogen and oxygen atoms in total. The van der Waals surface area contributed by atoms with Crippen molar-refractivity contribution in [3.63, 3.8) is 0 Å². The van der Waals surface area contributed by atoms with Gasteiger partial charge in [0.2, 0.25) is 11.8 Å². The molecule has 7 heteroatoms. The molecule has 0 bridgehead atoms. The average Bonchev–Trinajstić information content (AvgIpc) is 2.70. The van der Waals surface area contributed by atoms with E-state index in [0.29, 0.717) is 6.54 Å². The summed E-state index contributed by atoms with van der Waals surface area (Å²) in [4.78, 5) is 40.3. The van der Waals surface area contributed by atoms with Crippen molar-refractivity contribution < 1.29 is 19.1 Å². The SMILES string of the molecule is C=CCN(C(=O)C(C)NC(=O)OC(C)(C)C)C(C(=O)NCCCCC)c1ccccc1C. The molecule has 2 unspecified atom stereocenters. The van der Waals surface area contributed by atoms with Gasteiger partial charge in [-0.05, 0) is 52.2 Å². The van der Waals surface area contributed by atoms with Crippen LogP contribution in [0, 0.1) is 6.92 Å². The van der Waals surface area contributed by atoms with E-state index in [-0.39, 0.29) is 12.5 Å². The Morgan fingerprint density at radius 3 is 2.41 bits per heavy atom. The lowest BCUT2D eigenvalue weighted by molar-refractivity contribution is -0.141. The second kappa shape index (κ2) is 12.9. The fraction of sp³-hybridized carbons (Fsp3) is 0.560. The molecule has 3 amide bonds. The molecule has 0 aliphatic carbocycles. The van der Waals surface area contributed by atoms with Gasteiger partial charge in [0, 0.05) is 13.1 Å². The Balaban J connectivity index is 3.18. The predicted molar refractivity (Wildman–Crippen MR) is 127 cm³/mol. The first-order valence-electron chi connectivity index (χ1n) is 11.3. The topological polar surface area (TPSA) is 87.7 Å². The van der Waals surface area contributed by atoms with Crippen molar-refractivity contribution >= 4 is 17.9 Å². The van der Waals surface area contributed by atoms with E-state index in [2.05, 4.69) is 24.1 Å². The van der Waals surface area contributed by atoms with Crippen molar-refractivity contribution in [2.24, 2.45) is 0 Å². The summed E-state index contributed by atoms with van der Waals surface area (Å²) in [7, 11) is 0. The summed E-state index contributed by atoms with van der Waals surface area (Å²) >= 11 is 0. The third-order valence-corrected chi connectivity index (χ3v) is 4.84. The number of carbonyl (C=O) groups excluding carboxylic acids is 3. The monoisotopic (exact) mass is 445 g/mol. The summed E-state index contributed by atoms with van der Waals surface area (Å²) in [6, 6.07) is 5.77. The van der Waals surface area contributed by atoms with Crippen LogP contribution in [0.25, 0.3) is 0 Å². The number of hydrogen-bond acceptors (Lipinski definition) is 4. The van der Waals surface area contributed by atoms with Gasteiger partial charge in [-0.15, -0.1) is 6.58 Å². The fourth-order valence-electron chi connectivity index (χ4n) is 3.28. The molecule has 0 spiro atoms. The minimum atomic E-state index is -0.885. The summed E-state index contributed by atoms with van der Waals surface area (Å²) in [5.74, 6) is -0.650. The number of hydrogen-bond donors (Lipinski definition) is 2. The zero-order valence-corrected chi connectivity index (χ0v) is 20.4. The number of nitrogens with zero attached hydrogens (tertiary/aromatic N) is 1. The van der Waals surface area contributed by atoms with Crippen LogP contribution in [-0.4, -0.2) is 47.5 Å². The van der Waals surface area contributed by atoms with E-state index in [1.807, 2.05) is 31.2 Å². The molecule has 0 heterocycles. The van der Waals surface area contributed by atoms with Gasteiger partial charge in [-0.1, -0.05) is 50.1 Å². The Kier molecular flexibility index (Phi) is 11.0. The maximum Gasteiger partial charge on any atom is 0.408 e. The largest absolute Gasteiger partial charge is 0.444 e. The number of rotatable bonds is 11. The van der Waals surface area contributed by atoms with E-state index >= 15 is 0 Å². The second-order valence-electron chi connectivity index (χ2n) is 8.90. The van der Waals surface area contributed by atoms with Gasteiger partial charge < -0.3 is 20.3 Å². The van der Waals surface area contributed by atoms with Crippen LogP contribution in [0.4, 0.5) is 4.79 Å². The molecule has 1 rings (SSSR count). The van der Waals surface area contributed by atoms with Crippen molar-refractivity contribution in [2.45, 2.75) is 78.5 Å². The van der Waals surface area contributed by atoms with Crippen LogP contribution in [0.1, 0.15) is 71.0 Å². The number of alkyl carbamates (subject to hydrolysis) is 1. The van der Waals surface area contributed by atoms with E-state index in [9.17, 15) is 14.4 Å². The number of unbranched alkanes of at least 4 members (excludes halogenated alkanes) is 2. The fourth-order valence-corrected chi connectivity index (χ4v) is 3.28. The molecule has 1 aromatic carbocycles. The molecule has 0 saturated heterocycles. The molecule has 0 aliphatic rings. The Morgan fingerprint density at radius 1 is 1.19 bits per heavy atom. The smallest absolute Gasteiger partial charge is 0.408 e. The molecule has 2 N–H and O–H groups in total. The number of carbonyl (C=O) groups is 3. The zero-order chi connectivity index (χ0) is 24.3. The second-order valence-corrected chi connectivity index (χ2v) is 8.90. The molecular formula is C25H39N3O4.